The van der Waals surface area contributed by atoms with Gasteiger partial charge in [0.2, 0.25) is 0 Å². The van der Waals surface area contributed by atoms with E-state index in [-0.39, 0.29) is 11.6 Å². The number of benzene rings is 2. The van der Waals surface area contributed by atoms with Crippen molar-refractivity contribution in [1.29, 1.82) is 0 Å². The highest BCUT2D eigenvalue weighted by Crippen LogP contribution is 2.29. The average Bonchev–Trinajstić information content (AvgIpc) is 2.39. The molecule has 0 saturated heterocycles. The summed E-state index contributed by atoms with van der Waals surface area (Å²) in [6, 6.07) is 12.0. The minimum atomic E-state index is -0.355. The molecule has 19 heavy (non-hydrogen) atoms. The van der Waals surface area contributed by atoms with Crippen LogP contribution in [-0.2, 0) is 5.75 Å². The molecule has 0 atom stereocenters. The van der Waals surface area contributed by atoms with Gasteiger partial charge in [-0.2, -0.15) is 0 Å². The van der Waals surface area contributed by atoms with Gasteiger partial charge in [0.05, 0.1) is 4.90 Å². The van der Waals surface area contributed by atoms with Gasteiger partial charge in [0.15, 0.2) is 5.78 Å². The molecule has 0 aliphatic carbocycles. The Bertz CT molecular complexity index is 596. The largest absolute Gasteiger partial charge is 0.294 e. The lowest BCUT2D eigenvalue weighted by Gasteiger charge is -2.08. The van der Waals surface area contributed by atoms with Crippen LogP contribution >= 0.6 is 23.4 Å². The van der Waals surface area contributed by atoms with Gasteiger partial charge in [0, 0.05) is 16.3 Å². The predicted molar refractivity (Wildman–Crippen MR) is 77.4 cm³/mol. The van der Waals surface area contributed by atoms with Gasteiger partial charge in [0.25, 0.3) is 0 Å². The zero-order valence-electron chi connectivity index (χ0n) is 10.3. The monoisotopic (exact) mass is 294 g/mol. The van der Waals surface area contributed by atoms with Crippen LogP contribution in [0.1, 0.15) is 22.8 Å². The summed E-state index contributed by atoms with van der Waals surface area (Å²) in [5, 5.41) is 0.670. The molecule has 0 aliphatic heterocycles. The summed E-state index contributed by atoms with van der Waals surface area (Å²) in [6.07, 6.45) is 0. The first-order chi connectivity index (χ1) is 9.08. The Morgan fingerprint density at radius 2 is 1.89 bits per heavy atom. The molecular formula is C15H12ClFOS. The van der Waals surface area contributed by atoms with Crippen molar-refractivity contribution < 1.29 is 9.18 Å². The SMILES string of the molecule is CC(=O)c1cccc(F)c1SCc1ccc(Cl)cc1. The Balaban J connectivity index is 2.19. The molecule has 0 spiro atoms. The number of ketones is 1. The van der Waals surface area contributed by atoms with Crippen molar-refractivity contribution in [3.8, 4) is 0 Å². The molecule has 0 aliphatic rings. The second kappa shape index (κ2) is 6.22. The van der Waals surface area contributed by atoms with Crippen LogP contribution in [0.25, 0.3) is 0 Å². The van der Waals surface area contributed by atoms with Crippen molar-refractivity contribution in [3.63, 3.8) is 0 Å². The average molecular weight is 295 g/mol. The zero-order valence-corrected chi connectivity index (χ0v) is 11.9. The summed E-state index contributed by atoms with van der Waals surface area (Å²) in [4.78, 5) is 11.9. The fourth-order valence-electron chi connectivity index (χ4n) is 1.67. The van der Waals surface area contributed by atoms with E-state index in [2.05, 4.69) is 0 Å². The van der Waals surface area contributed by atoms with E-state index in [0.29, 0.717) is 21.2 Å². The van der Waals surface area contributed by atoms with Gasteiger partial charge >= 0.3 is 0 Å². The van der Waals surface area contributed by atoms with E-state index in [0.717, 1.165) is 5.56 Å². The van der Waals surface area contributed by atoms with Crippen molar-refractivity contribution in [2.45, 2.75) is 17.6 Å². The molecule has 0 amide bonds. The molecule has 2 rings (SSSR count). The number of Topliss-reactive ketones (excluding diaryl/α,β-unsaturated/α-hetero) is 1. The van der Waals surface area contributed by atoms with Crippen LogP contribution in [0, 0.1) is 5.82 Å². The van der Waals surface area contributed by atoms with Crippen LogP contribution in [0.5, 0.6) is 0 Å². The predicted octanol–water partition coefficient (Wildman–Crippen LogP) is 4.97. The van der Waals surface area contributed by atoms with Crippen molar-refractivity contribution in [2.24, 2.45) is 0 Å². The molecule has 98 valence electrons. The highest BCUT2D eigenvalue weighted by molar-refractivity contribution is 7.98. The van der Waals surface area contributed by atoms with E-state index < -0.39 is 0 Å². The first-order valence-electron chi connectivity index (χ1n) is 5.74. The van der Waals surface area contributed by atoms with Crippen LogP contribution in [0.2, 0.25) is 5.02 Å². The molecule has 0 fully saturated rings. The Morgan fingerprint density at radius 3 is 2.53 bits per heavy atom. The third kappa shape index (κ3) is 3.58. The third-order valence-electron chi connectivity index (χ3n) is 2.64. The number of rotatable bonds is 4. The van der Waals surface area contributed by atoms with Gasteiger partial charge in [0.1, 0.15) is 5.82 Å². The normalized spacial score (nSPS) is 10.5. The summed E-state index contributed by atoms with van der Waals surface area (Å²) in [5.41, 5.74) is 1.46. The summed E-state index contributed by atoms with van der Waals surface area (Å²) >= 11 is 7.13. The maximum absolute atomic E-state index is 13.8. The second-order valence-electron chi connectivity index (χ2n) is 4.09. The first-order valence-corrected chi connectivity index (χ1v) is 7.11. The maximum atomic E-state index is 13.8. The Labute approximate surface area is 120 Å². The third-order valence-corrected chi connectivity index (χ3v) is 4.08. The van der Waals surface area contributed by atoms with E-state index in [1.807, 2.05) is 12.1 Å². The van der Waals surface area contributed by atoms with Gasteiger partial charge in [-0.15, -0.1) is 11.8 Å². The van der Waals surface area contributed by atoms with Gasteiger partial charge in [-0.05, 0) is 30.7 Å². The molecule has 4 heteroatoms. The van der Waals surface area contributed by atoms with Crippen LogP contribution in [-0.4, -0.2) is 5.78 Å². The standard InChI is InChI=1S/C15H12ClFOS/c1-10(18)13-3-2-4-14(17)15(13)19-9-11-5-7-12(16)8-6-11/h2-8H,9H2,1H3. The Hall–Kier alpha value is -1.32. The smallest absolute Gasteiger partial charge is 0.161 e. The number of hydrogen-bond donors (Lipinski definition) is 0. The van der Waals surface area contributed by atoms with Crippen LogP contribution in [0.3, 0.4) is 0 Å². The molecule has 1 nitrogen and oxygen atoms in total. The van der Waals surface area contributed by atoms with Crippen LogP contribution in [0.15, 0.2) is 47.4 Å². The van der Waals surface area contributed by atoms with E-state index in [1.165, 1.54) is 24.8 Å². The Kier molecular flexibility index (Phi) is 4.61. The van der Waals surface area contributed by atoms with Gasteiger partial charge in [-0.3, -0.25) is 4.79 Å². The number of halogens is 2. The van der Waals surface area contributed by atoms with Gasteiger partial charge in [-0.1, -0.05) is 35.9 Å². The van der Waals surface area contributed by atoms with Crippen molar-refractivity contribution >= 4 is 29.1 Å². The fraction of sp³-hybridized carbons (Fsp3) is 0.133. The molecular weight excluding hydrogens is 283 g/mol. The number of thioether (sulfide) groups is 1. The van der Waals surface area contributed by atoms with Crippen molar-refractivity contribution in [1.82, 2.24) is 0 Å². The summed E-state index contributed by atoms with van der Waals surface area (Å²) in [5.74, 6) is 0.114. The van der Waals surface area contributed by atoms with E-state index >= 15 is 0 Å². The minimum Gasteiger partial charge on any atom is -0.294 e. The summed E-state index contributed by atoms with van der Waals surface area (Å²) in [7, 11) is 0. The molecule has 2 aromatic rings. The summed E-state index contributed by atoms with van der Waals surface area (Å²) in [6.45, 7) is 1.45. The molecule has 0 unspecified atom stereocenters. The molecule has 2 aromatic carbocycles. The quantitative estimate of drug-likeness (QED) is 0.585. The van der Waals surface area contributed by atoms with E-state index in [4.69, 9.17) is 11.6 Å². The number of carbonyl (C=O) groups excluding carboxylic acids is 1. The Morgan fingerprint density at radius 1 is 1.21 bits per heavy atom. The lowest BCUT2D eigenvalue weighted by molar-refractivity contribution is 0.101. The molecule has 0 radical (unpaired) electrons. The lowest BCUT2D eigenvalue weighted by Crippen LogP contribution is -1.97. The number of hydrogen-bond acceptors (Lipinski definition) is 2. The topological polar surface area (TPSA) is 17.1 Å². The van der Waals surface area contributed by atoms with Crippen molar-refractivity contribution in [2.75, 3.05) is 0 Å². The molecule has 0 saturated carbocycles. The molecule has 0 N–H and O–H groups in total. The highest BCUT2D eigenvalue weighted by Gasteiger charge is 2.12. The molecule has 0 bridgehead atoms. The van der Waals surface area contributed by atoms with Gasteiger partial charge < -0.3 is 0 Å². The highest BCUT2D eigenvalue weighted by atomic mass is 35.5. The van der Waals surface area contributed by atoms with Crippen LogP contribution in [0.4, 0.5) is 4.39 Å². The van der Waals surface area contributed by atoms with Gasteiger partial charge in [-0.25, -0.2) is 4.39 Å². The zero-order chi connectivity index (χ0) is 13.8. The fourth-order valence-corrected chi connectivity index (χ4v) is 2.87. The van der Waals surface area contributed by atoms with E-state index in [9.17, 15) is 9.18 Å². The molecule has 0 aromatic heterocycles. The van der Waals surface area contributed by atoms with E-state index in [1.54, 1.807) is 24.3 Å². The number of carbonyl (C=O) groups is 1. The van der Waals surface area contributed by atoms with Crippen molar-refractivity contribution in [3.05, 3.63) is 64.4 Å². The lowest BCUT2D eigenvalue weighted by atomic mass is 10.1. The maximum Gasteiger partial charge on any atom is 0.161 e. The minimum absolute atomic E-state index is 0.127. The first kappa shape index (κ1) is 14.1. The second-order valence-corrected chi connectivity index (χ2v) is 5.51. The summed E-state index contributed by atoms with van der Waals surface area (Å²) < 4.78 is 13.8. The molecule has 0 heterocycles. The van der Waals surface area contributed by atoms with Crippen LogP contribution < -0.4 is 0 Å².